The summed E-state index contributed by atoms with van der Waals surface area (Å²) < 4.78 is 5.42. The third-order valence-corrected chi connectivity index (χ3v) is 3.60. The molecule has 1 aromatic carbocycles. The zero-order valence-electron chi connectivity index (χ0n) is 14.5. The van der Waals surface area contributed by atoms with Gasteiger partial charge in [-0.15, -0.1) is 0 Å². The maximum absolute atomic E-state index is 12.5. The number of ether oxygens (including phenoxy) is 1. The number of aromatic hydroxyl groups is 1. The number of hydrogen-bond acceptors (Lipinski definition) is 5. The number of phenols is 1. The number of rotatable bonds is 5. The summed E-state index contributed by atoms with van der Waals surface area (Å²) in [5.41, 5.74) is 0.558. The van der Waals surface area contributed by atoms with E-state index in [1.165, 1.54) is 4.90 Å². The Hall–Kier alpha value is -2.28. The average Bonchev–Trinajstić information content (AvgIpc) is 2.95. The lowest BCUT2D eigenvalue weighted by Crippen LogP contribution is -2.40. The van der Waals surface area contributed by atoms with Gasteiger partial charge < -0.3 is 19.8 Å². The first kappa shape index (κ1) is 18.1. The topological polar surface area (TPSA) is 98.7 Å². The highest BCUT2D eigenvalue weighted by Crippen LogP contribution is 2.27. The molecule has 0 aliphatic heterocycles. The molecular formula is C17H25N3O4. The molecule has 0 saturated heterocycles. The van der Waals surface area contributed by atoms with Gasteiger partial charge in [0.1, 0.15) is 11.4 Å². The SMILES string of the molecule is CC[C@H](O)CN(Cc1c(O)ccc2cn[nH]c12)C(=O)OC(C)(C)C. The number of fused-ring (bicyclic) bond motifs is 1. The molecule has 2 rings (SSSR count). The summed E-state index contributed by atoms with van der Waals surface area (Å²) in [5, 5.41) is 27.8. The Morgan fingerprint density at radius 3 is 2.75 bits per heavy atom. The fraction of sp³-hybridized carbons (Fsp3) is 0.529. The van der Waals surface area contributed by atoms with Gasteiger partial charge in [-0.3, -0.25) is 5.10 Å². The van der Waals surface area contributed by atoms with Gasteiger partial charge in [0.15, 0.2) is 0 Å². The smallest absolute Gasteiger partial charge is 0.410 e. The number of aromatic nitrogens is 2. The van der Waals surface area contributed by atoms with Crippen LogP contribution in [0, 0.1) is 0 Å². The Labute approximate surface area is 141 Å². The van der Waals surface area contributed by atoms with Crippen LogP contribution >= 0.6 is 0 Å². The number of nitrogens with one attached hydrogen (secondary N) is 1. The highest BCUT2D eigenvalue weighted by molar-refractivity contribution is 5.84. The van der Waals surface area contributed by atoms with Crippen LogP contribution in [0.1, 0.15) is 39.7 Å². The Kier molecular flexibility index (Phi) is 5.33. The molecule has 1 heterocycles. The van der Waals surface area contributed by atoms with Crippen molar-refractivity contribution in [2.75, 3.05) is 6.54 Å². The highest BCUT2D eigenvalue weighted by atomic mass is 16.6. The lowest BCUT2D eigenvalue weighted by atomic mass is 10.1. The first-order chi connectivity index (χ1) is 11.2. The molecule has 3 N–H and O–H groups in total. The minimum absolute atomic E-state index is 0.0614. The summed E-state index contributed by atoms with van der Waals surface area (Å²) in [6, 6.07) is 3.31. The van der Waals surface area contributed by atoms with Crippen LogP contribution in [0.4, 0.5) is 4.79 Å². The predicted molar refractivity (Wildman–Crippen MR) is 90.7 cm³/mol. The predicted octanol–water partition coefficient (Wildman–Crippen LogP) is 2.78. The van der Waals surface area contributed by atoms with Crippen molar-refractivity contribution in [1.29, 1.82) is 0 Å². The number of H-pyrrole nitrogens is 1. The Morgan fingerprint density at radius 2 is 2.12 bits per heavy atom. The van der Waals surface area contributed by atoms with Crippen LogP contribution in [0.2, 0.25) is 0 Å². The fourth-order valence-electron chi connectivity index (χ4n) is 2.33. The molecule has 132 valence electrons. The lowest BCUT2D eigenvalue weighted by molar-refractivity contribution is 0.0123. The number of nitrogens with zero attached hydrogens (tertiary/aromatic N) is 2. The van der Waals surface area contributed by atoms with E-state index in [0.717, 1.165) is 5.39 Å². The molecule has 0 radical (unpaired) electrons. The third kappa shape index (κ3) is 4.38. The van der Waals surface area contributed by atoms with E-state index in [0.29, 0.717) is 17.5 Å². The molecule has 2 aromatic rings. The van der Waals surface area contributed by atoms with Crippen LogP contribution in [-0.4, -0.2) is 49.7 Å². The monoisotopic (exact) mass is 335 g/mol. The fourth-order valence-corrected chi connectivity index (χ4v) is 2.33. The first-order valence-corrected chi connectivity index (χ1v) is 8.01. The van der Waals surface area contributed by atoms with E-state index in [1.54, 1.807) is 39.1 Å². The molecule has 7 nitrogen and oxygen atoms in total. The van der Waals surface area contributed by atoms with Crippen molar-refractivity contribution < 1.29 is 19.7 Å². The molecule has 0 aliphatic carbocycles. The largest absolute Gasteiger partial charge is 0.508 e. The number of amides is 1. The van der Waals surface area contributed by atoms with Gasteiger partial charge >= 0.3 is 6.09 Å². The first-order valence-electron chi connectivity index (χ1n) is 8.01. The van der Waals surface area contributed by atoms with E-state index in [4.69, 9.17) is 4.74 Å². The second-order valence-electron chi connectivity index (χ2n) is 6.82. The molecule has 0 spiro atoms. The van der Waals surface area contributed by atoms with Crippen molar-refractivity contribution in [1.82, 2.24) is 15.1 Å². The van der Waals surface area contributed by atoms with E-state index in [2.05, 4.69) is 10.2 Å². The van der Waals surface area contributed by atoms with Crippen LogP contribution < -0.4 is 0 Å². The molecule has 0 unspecified atom stereocenters. The Bertz CT molecular complexity index is 705. The van der Waals surface area contributed by atoms with Gasteiger partial charge in [0, 0.05) is 10.9 Å². The van der Waals surface area contributed by atoms with Gasteiger partial charge in [0.05, 0.1) is 30.9 Å². The normalized spacial score (nSPS) is 13.0. The van der Waals surface area contributed by atoms with Crippen LogP contribution in [0.15, 0.2) is 18.3 Å². The van der Waals surface area contributed by atoms with Crippen molar-refractivity contribution >= 4 is 17.0 Å². The minimum atomic E-state index is -0.666. The molecule has 0 aliphatic rings. The number of aliphatic hydroxyl groups excluding tert-OH is 1. The Morgan fingerprint density at radius 1 is 1.42 bits per heavy atom. The maximum atomic E-state index is 12.5. The summed E-state index contributed by atoms with van der Waals surface area (Å²) in [5.74, 6) is 0.0614. The molecule has 24 heavy (non-hydrogen) atoms. The van der Waals surface area contributed by atoms with Crippen molar-refractivity contribution in [3.05, 3.63) is 23.9 Å². The van der Waals surface area contributed by atoms with E-state index >= 15 is 0 Å². The van der Waals surface area contributed by atoms with E-state index in [1.807, 2.05) is 6.92 Å². The number of hydrogen-bond donors (Lipinski definition) is 3. The van der Waals surface area contributed by atoms with Crippen molar-refractivity contribution in [2.45, 2.75) is 52.4 Å². The van der Waals surface area contributed by atoms with Crippen molar-refractivity contribution in [3.8, 4) is 5.75 Å². The van der Waals surface area contributed by atoms with Gasteiger partial charge in [-0.05, 0) is 39.3 Å². The van der Waals surface area contributed by atoms with Gasteiger partial charge in [-0.25, -0.2) is 4.79 Å². The van der Waals surface area contributed by atoms with Crippen molar-refractivity contribution in [3.63, 3.8) is 0 Å². The molecule has 0 bridgehead atoms. The Balaban J connectivity index is 2.31. The molecule has 1 aromatic heterocycles. The average molecular weight is 335 g/mol. The quantitative estimate of drug-likeness (QED) is 0.780. The van der Waals surface area contributed by atoms with Crippen LogP contribution in [0.25, 0.3) is 10.9 Å². The second-order valence-corrected chi connectivity index (χ2v) is 6.82. The van der Waals surface area contributed by atoms with Gasteiger partial charge in [-0.2, -0.15) is 5.10 Å². The van der Waals surface area contributed by atoms with Crippen LogP contribution in [0.5, 0.6) is 5.75 Å². The summed E-state index contributed by atoms with van der Waals surface area (Å²) >= 11 is 0. The zero-order chi connectivity index (χ0) is 17.9. The van der Waals surface area contributed by atoms with Crippen LogP contribution in [0.3, 0.4) is 0 Å². The number of phenolic OH excluding ortho intramolecular Hbond substituents is 1. The maximum Gasteiger partial charge on any atom is 0.410 e. The van der Waals surface area contributed by atoms with E-state index in [-0.39, 0.29) is 18.8 Å². The molecular weight excluding hydrogens is 310 g/mol. The number of carbonyl (C=O) groups is 1. The summed E-state index contributed by atoms with van der Waals surface area (Å²) in [4.78, 5) is 13.9. The molecule has 7 heteroatoms. The number of aromatic amines is 1. The summed E-state index contributed by atoms with van der Waals surface area (Å²) in [6.45, 7) is 7.42. The zero-order valence-corrected chi connectivity index (χ0v) is 14.5. The van der Waals surface area contributed by atoms with Crippen LogP contribution in [-0.2, 0) is 11.3 Å². The third-order valence-electron chi connectivity index (χ3n) is 3.60. The van der Waals surface area contributed by atoms with E-state index in [9.17, 15) is 15.0 Å². The molecule has 1 atom stereocenters. The number of aliphatic hydroxyl groups is 1. The van der Waals surface area contributed by atoms with Crippen molar-refractivity contribution in [2.24, 2.45) is 0 Å². The van der Waals surface area contributed by atoms with Gasteiger partial charge in [-0.1, -0.05) is 6.92 Å². The molecule has 0 saturated carbocycles. The number of benzene rings is 1. The number of carbonyl (C=O) groups excluding carboxylic acids is 1. The highest BCUT2D eigenvalue weighted by Gasteiger charge is 2.25. The minimum Gasteiger partial charge on any atom is -0.508 e. The summed E-state index contributed by atoms with van der Waals surface area (Å²) in [7, 11) is 0. The van der Waals surface area contributed by atoms with E-state index < -0.39 is 17.8 Å². The lowest BCUT2D eigenvalue weighted by Gasteiger charge is -2.29. The van der Waals surface area contributed by atoms with Gasteiger partial charge in [0.2, 0.25) is 0 Å². The summed E-state index contributed by atoms with van der Waals surface area (Å²) in [6.07, 6.45) is 0.961. The second kappa shape index (κ2) is 7.09. The molecule has 0 fully saturated rings. The van der Waals surface area contributed by atoms with Gasteiger partial charge in [0.25, 0.3) is 0 Å². The standard InChI is InChI=1S/C17H25N3O4/c1-5-12(21)9-20(16(23)24-17(2,3)4)10-13-14(22)7-6-11-8-18-19-15(11)13/h6-8,12,21-22H,5,9-10H2,1-4H3,(H,18,19)/t12-/m0/s1. The molecule has 1 amide bonds.